The lowest BCUT2D eigenvalue weighted by molar-refractivity contribution is 0.0516. The number of rotatable bonds is 1. The molecule has 2 heteroatoms. The predicted molar refractivity (Wildman–Crippen MR) is 51.5 cm³/mol. The highest BCUT2D eigenvalue weighted by molar-refractivity contribution is 4.98. The number of nitrogens with zero attached hydrogens (tertiary/aromatic N) is 1. The number of piperidine rings is 1. The van der Waals surface area contributed by atoms with Gasteiger partial charge < -0.3 is 5.11 Å². The van der Waals surface area contributed by atoms with Crippen LogP contribution in [0.4, 0.5) is 0 Å². The van der Waals surface area contributed by atoms with Gasteiger partial charge in [0.2, 0.25) is 0 Å². The molecule has 0 amide bonds. The average Bonchev–Trinajstić information content (AvgIpc) is 2.77. The van der Waals surface area contributed by atoms with Crippen LogP contribution in [0.5, 0.6) is 0 Å². The highest BCUT2D eigenvalue weighted by Gasteiger charge is 2.43. The Balaban J connectivity index is 1.72. The molecule has 1 N–H and O–H groups in total. The number of likely N-dealkylation sites (tertiary alicyclic amines) is 1. The first-order valence-electron chi connectivity index (χ1n) is 5.78. The molecule has 4 atom stereocenters. The van der Waals surface area contributed by atoms with Crippen LogP contribution in [0.15, 0.2) is 0 Å². The molecule has 2 saturated carbocycles. The highest BCUT2D eigenvalue weighted by Crippen LogP contribution is 2.41. The molecule has 1 saturated heterocycles. The minimum Gasteiger partial charge on any atom is -0.391 e. The maximum Gasteiger partial charge on any atom is 0.0695 e. The predicted octanol–water partition coefficient (Wildman–Crippen LogP) is 1.38. The Morgan fingerprint density at radius 1 is 1.08 bits per heavy atom. The van der Waals surface area contributed by atoms with Crippen LogP contribution in [-0.4, -0.2) is 34.7 Å². The Morgan fingerprint density at radius 2 is 2.00 bits per heavy atom. The summed E-state index contributed by atoms with van der Waals surface area (Å²) < 4.78 is 0. The summed E-state index contributed by atoms with van der Waals surface area (Å²) in [5, 5.41) is 9.84. The number of hydrogen-bond acceptors (Lipinski definition) is 2. The quantitative estimate of drug-likeness (QED) is 0.660. The van der Waals surface area contributed by atoms with Gasteiger partial charge in [-0.2, -0.15) is 0 Å². The largest absolute Gasteiger partial charge is 0.391 e. The van der Waals surface area contributed by atoms with Gasteiger partial charge in [-0.3, -0.25) is 4.90 Å². The summed E-state index contributed by atoms with van der Waals surface area (Å²) in [6.45, 7) is 1.28. The van der Waals surface area contributed by atoms with Crippen molar-refractivity contribution in [2.75, 3.05) is 6.54 Å². The molecule has 0 radical (unpaired) electrons. The summed E-state index contributed by atoms with van der Waals surface area (Å²) in [5.74, 6) is 0.970. The van der Waals surface area contributed by atoms with Crippen molar-refractivity contribution in [2.45, 2.75) is 56.7 Å². The topological polar surface area (TPSA) is 23.5 Å². The molecule has 2 aliphatic carbocycles. The normalized spacial score (nSPS) is 50.5. The highest BCUT2D eigenvalue weighted by atomic mass is 16.3. The Labute approximate surface area is 79.9 Å². The minimum absolute atomic E-state index is 0.0145. The maximum atomic E-state index is 9.84. The molecule has 1 heterocycles. The molecule has 2 unspecified atom stereocenters. The van der Waals surface area contributed by atoms with E-state index < -0.39 is 0 Å². The molecule has 13 heavy (non-hydrogen) atoms. The van der Waals surface area contributed by atoms with Crippen LogP contribution in [0, 0.1) is 5.92 Å². The van der Waals surface area contributed by atoms with E-state index in [9.17, 15) is 5.11 Å². The molecule has 3 rings (SSSR count). The van der Waals surface area contributed by atoms with Gasteiger partial charge in [-0.15, -0.1) is 0 Å². The molecule has 2 nitrogen and oxygen atoms in total. The first-order chi connectivity index (χ1) is 6.34. The van der Waals surface area contributed by atoms with E-state index in [0.29, 0.717) is 6.04 Å². The van der Waals surface area contributed by atoms with Crippen LogP contribution in [0.25, 0.3) is 0 Å². The summed E-state index contributed by atoms with van der Waals surface area (Å²) in [6.07, 6.45) is 7.77. The fraction of sp³-hybridized carbons (Fsp3) is 1.00. The molecule has 1 aliphatic heterocycles. The van der Waals surface area contributed by atoms with Crippen LogP contribution < -0.4 is 0 Å². The standard InChI is InChI=1S/C11H19NO/c13-11-3-1-2-10(11)12-7-8-4-5-9(12)6-8/h8-11,13H,1-7H2/t8?,9?,10-,11-/m0/s1. The Morgan fingerprint density at radius 3 is 2.54 bits per heavy atom. The monoisotopic (exact) mass is 181 g/mol. The van der Waals surface area contributed by atoms with E-state index in [4.69, 9.17) is 0 Å². The van der Waals surface area contributed by atoms with Crippen LogP contribution in [0.2, 0.25) is 0 Å². The van der Waals surface area contributed by atoms with E-state index >= 15 is 0 Å². The van der Waals surface area contributed by atoms with Crippen molar-refractivity contribution < 1.29 is 5.11 Å². The van der Waals surface area contributed by atoms with Crippen molar-refractivity contribution >= 4 is 0 Å². The lowest BCUT2D eigenvalue weighted by Crippen LogP contribution is -2.44. The SMILES string of the molecule is O[C@H]1CCC[C@@H]1N1CC2CCC1C2. The third-order valence-corrected chi connectivity index (χ3v) is 4.32. The van der Waals surface area contributed by atoms with Crippen molar-refractivity contribution in [3.8, 4) is 0 Å². The van der Waals surface area contributed by atoms with Crippen molar-refractivity contribution in [2.24, 2.45) is 5.92 Å². The zero-order chi connectivity index (χ0) is 8.84. The van der Waals surface area contributed by atoms with Crippen molar-refractivity contribution in [1.29, 1.82) is 0 Å². The van der Waals surface area contributed by atoms with Gasteiger partial charge in [-0.25, -0.2) is 0 Å². The number of aliphatic hydroxyl groups excluding tert-OH is 1. The first-order valence-corrected chi connectivity index (χ1v) is 5.78. The molecule has 0 spiro atoms. The second-order valence-corrected chi connectivity index (χ2v) is 5.10. The smallest absolute Gasteiger partial charge is 0.0695 e. The maximum absolute atomic E-state index is 9.84. The summed E-state index contributed by atoms with van der Waals surface area (Å²) in [7, 11) is 0. The number of aliphatic hydroxyl groups is 1. The lowest BCUT2D eigenvalue weighted by atomic mass is 10.1. The van der Waals surface area contributed by atoms with Gasteiger partial charge >= 0.3 is 0 Å². The molecular weight excluding hydrogens is 162 g/mol. The van der Waals surface area contributed by atoms with Gasteiger partial charge in [-0.1, -0.05) is 0 Å². The van der Waals surface area contributed by atoms with Gasteiger partial charge in [0.15, 0.2) is 0 Å². The van der Waals surface area contributed by atoms with E-state index in [1.54, 1.807) is 0 Å². The Hall–Kier alpha value is -0.0800. The second kappa shape index (κ2) is 2.96. The Kier molecular flexibility index (Phi) is 1.88. The fourth-order valence-corrected chi connectivity index (χ4v) is 3.68. The number of fused-ring (bicyclic) bond motifs is 2. The third kappa shape index (κ3) is 1.23. The summed E-state index contributed by atoms with van der Waals surface area (Å²) in [4.78, 5) is 2.62. The fourth-order valence-electron chi connectivity index (χ4n) is 3.68. The molecule has 0 aromatic heterocycles. The van der Waals surface area contributed by atoms with Crippen LogP contribution in [-0.2, 0) is 0 Å². The summed E-state index contributed by atoms with van der Waals surface area (Å²) in [6, 6.07) is 1.36. The molecule has 0 aromatic rings. The average molecular weight is 181 g/mol. The van der Waals surface area contributed by atoms with E-state index in [0.717, 1.165) is 18.4 Å². The van der Waals surface area contributed by atoms with Crippen LogP contribution >= 0.6 is 0 Å². The van der Waals surface area contributed by atoms with Gasteiger partial charge in [0, 0.05) is 18.6 Å². The first kappa shape index (κ1) is 8.25. The van der Waals surface area contributed by atoms with E-state index in [-0.39, 0.29) is 6.10 Å². The molecule has 0 aromatic carbocycles. The minimum atomic E-state index is -0.0145. The molecule has 3 fully saturated rings. The zero-order valence-electron chi connectivity index (χ0n) is 8.15. The van der Waals surface area contributed by atoms with Crippen molar-refractivity contribution in [3.05, 3.63) is 0 Å². The third-order valence-electron chi connectivity index (χ3n) is 4.32. The van der Waals surface area contributed by atoms with Gasteiger partial charge in [0.05, 0.1) is 6.10 Å². The zero-order valence-corrected chi connectivity index (χ0v) is 8.15. The molecular formula is C11H19NO. The lowest BCUT2D eigenvalue weighted by Gasteiger charge is -2.34. The van der Waals surface area contributed by atoms with Crippen LogP contribution in [0.1, 0.15) is 38.5 Å². The summed E-state index contributed by atoms with van der Waals surface area (Å²) >= 11 is 0. The van der Waals surface area contributed by atoms with Crippen molar-refractivity contribution in [1.82, 2.24) is 4.90 Å². The van der Waals surface area contributed by atoms with Crippen molar-refractivity contribution in [3.63, 3.8) is 0 Å². The van der Waals surface area contributed by atoms with Gasteiger partial charge in [0.25, 0.3) is 0 Å². The molecule has 3 aliphatic rings. The Bertz CT molecular complexity index is 206. The number of hydrogen-bond donors (Lipinski definition) is 1. The molecule has 2 bridgehead atoms. The second-order valence-electron chi connectivity index (χ2n) is 5.10. The van der Waals surface area contributed by atoms with Gasteiger partial charge in [0.1, 0.15) is 0 Å². The van der Waals surface area contributed by atoms with Crippen LogP contribution in [0.3, 0.4) is 0 Å². The van der Waals surface area contributed by atoms with E-state index in [1.807, 2.05) is 0 Å². The van der Waals surface area contributed by atoms with Gasteiger partial charge in [-0.05, 0) is 44.4 Å². The summed E-state index contributed by atoms with van der Waals surface area (Å²) in [5.41, 5.74) is 0. The molecule has 74 valence electrons. The van der Waals surface area contributed by atoms with E-state index in [2.05, 4.69) is 4.90 Å². The van der Waals surface area contributed by atoms with E-state index in [1.165, 1.54) is 38.6 Å².